The molecule has 1 unspecified atom stereocenters. The second-order valence-corrected chi connectivity index (χ2v) is 8.01. The third-order valence-corrected chi connectivity index (χ3v) is 5.14. The summed E-state index contributed by atoms with van der Waals surface area (Å²) in [5.74, 6) is 0.729. The number of amides is 1. The molecule has 0 heterocycles. The van der Waals surface area contributed by atoms with Gasteiger partial charge in [0.1, 0.15) is 0 Å². The van der Waals surface area contributed by atoms with Gasteiger partial charge >= 0.3 is 0 Å². The third-order valence-electron chi connectivity index (χ3n) is 5.14. The van der Waals surface area contributed by atoms with Crippen molar-refractivity contribution in [1.82, 2.24) is 16.0 Å². The van der Waals surface area contributed by atoms with Crippen LogP contribution < -0.4 is 16.0 Å². The van der Waals surface area contributed by atoms with Crippen molar-refractivity contribution in [2.24, 2.45) is 4.99 Å². The zero-order chi connectivity index (χ0) is 21.3. The van der Waals surface area contributed by atoms with Crippen molar-refractivity contribution in [3.8, 4) is 0 Å². The van der Waals surface area contributed by atoms with E-state index < -0.39 is 0 Å². The monoisotopic (exact) mass is 522 g/mol. The Labute approximate surface area is 198 Å². The molecule has 0 aliphatic carbocycles. The third kappa shape index (κ3) is 7.97. The predicted molar refractivity (Wildman–Crippen MR) is 137 cm³/mol. The first-order chi connectivity index (χ1) is 13.9. The zero-order valence-corrected chi connectivity index (χ0v) is 21.0. The molecule has 2 aromatic carbocycles. The van der Waals surface area contributed by atoms with E-state index in [1.807, 2.05) is 37.3 Å². The number of guanidine groups is 1. The van der Waals surface area contributed by atoms with E-state index in [1.54, 1.807) is 7.05 Å². The SMILES string of the molecule is CCC(C)NC(=O)c1ccc(CNC(=NC)NCC(C)(C)c2ccccc2)cc1.I. The standard InChI is InChI=1S/C24H34N4O.HI/c1-6-18(2)28-22(29)20-14-12-19(13-15-20)16-26-23(25-5)27-17-24(3,4)21-10-8-7-9-11-21;/h7-15,18H,6,16-17H2,1-5H3,(H,28,29)(H2,25,26,27);1H. The molecule has 0 saturated heterocycles. The molecule has 0 bridgehead atoms. The fourth-order valence-corrected chi connectivity index (χ4v) is 2.89. The summed E-state index contributed by atoms with van der Waals surface area (Å²) in [6.45, 7) is 9.90. The van der Waals surface area contributed by atoms with Gasteiger partial charge in [-0.15, -0.1) is 24.0 Å². The number of halogens is 1. The maximum absolute atomic E-state index is 12.2. The van der Waals surface area contributed by atoms with E-state index in [0.717, 1.165) is 24.5 Å². The largest absolute Gasteiger partial charge is 0.356 e. The molecule has 1 atom stereocenters. The van der Waals surface area contributed by atoms with Gasteiger partial charge in [-0.1, -0.05) is 63.2 Å². The highest BCUT2D eigenvalue weighted by molar-refractivity contribution is 14.0. The lowest BCUT2D eigenvalue weighted by molar-refractivity contribution is 0.0939. The first-order valence-electron chi connectivity index (χ1n) is 10.3. The van der Waals surface area contributed by atoms with Crippen molar-refractivity contribution in [1.29, 1.82) is 0 Å². The molecule has 2 aromatic rings. The summed E-state index contributed by atoms with van der Waals surface area (Å²) < 4.78 is 0. The second kappa shape index (κ2) is 12.6. The Hall–Kier alpha value is -2.09. The van der Waals surface area contributed by atoms with Crippen LogP contribution in [0.1, 0.15) is 55.6 Å². The first kappa shape index (κ1) is 25.9. The molecule has 0 aromatic heterocycles. The van der Waals surface area contributed by atoms with Crippen molar-refractivity contribution in [3.05, 3.63) is 71.3 Å². The molecule has 0 radical (unpaired) electrons. The molecule has 0 fully saturated rings. The van der Waals surface area contributed by atoms with Crippen molar-refractivity contribution < 1.29 is 4.79 Å². The highest BCUT2D eigenvalue weighted by Crippen LogP contribution is 2.21. The molecule has 0 saturated carbocycles. The van der Waals surface area contributed by atoms with Gasteiger partial charge in [0, 0.05) is 37.2 Å². The Balaban J connectivity index is 0.00000450. The average molecular weight is 522 g/mol. The average Bonchev–Trinajstić information content (AvgIpc) is 2.74. The number of rotatable bonds is 8. The number of aliphatic imine (C=N–C) groups is 1. The Kier molecular flexibility index (Phi) is 10.9. The van der Waals surface area contributed by atoms with Crippen LogP contribution in [0.25, 0.3) is 0 Å². The first-order valence-corrected chi connectivity index (χ1v) is 10.3. The van der Waals surface area contributed by atoms with Gasteiger partial charge in [0.05, 0.1) is 0 Å². The lowest BCUT2D eigenvalue weighted by atomic mass is 9.85. The van der Waals surface area contributed by atoms with Crippen LogP contribution in [-0.4, -0.2) is 31.5 Å². The molecular weight excluding hydrogens is 487 g/mol. The summed E-state index contributed by atoms with van der Waals surface area (Å²) in [6.07, 6.45) is 0.918. The predicted octanol–water partition coefficient (Wildman–Crippen LogP) is 4.48. The van der Waals surface area contributed by atoms with Gasteiger partial charge in [0.25, 0.3) is 5.91 Å². The molecule has 30 heavy (non-hydrogen) atoms. The number of carbonyl (C=O) groups is 1. The molecule has 1 amide bonds. The molecule has 6 heteroatoms. The number of hydrogen-bond acceptors (Lipinski definition) is 2. The maximum atomic E-state index is 12.2. The van der Waals surface area contributed by atoms with Crippen LogP contribution in [0.3, 0.4) is 0 Å². The van der Waals surface area contributed by atoms with E-state index in [2.05, 4.69) is 66.0 Å². The lowest BCUT2D eigenvalue weighted by Crippen LogP contribution is -2.43. The van der Waals surface area contributed by atoms with E-state index in [1.165, 1.54) is 5.56 Å². The Morgan fingerprint density at radius 2 is 1.67 bits per heavy atom. The number of hydrogen-bond donors (Lipinski definition) is 3. The van der Waals surface area contributed by atoms with E-state index in [4.69, 9.17) is 0 Å². The molecule has 2 rings (SSSR count). The fraction of sp³-hybridized carbons (Fsp3) is 0.417. The number of carbonyl (C=O) groups excluding carboxylic acids is 1. The molecule has 0 aliphatic rings. The Morgan fingerprint density at radius 1 is 1.03 bits per heavy atom. The molecule has 0 aliphatic heterocycles. The van der Waals surface area contributed by atoms with Crippen molar-refractivity contribution in [2.75, 3.05) is 13.6 Å². The Morgan fingerprint density at radius 3 is 2.23 bits per heavy atom. The van der Waals surface area contributed by atoms with Crippen LogP contribution in [0.15, 0.2) is 59.6 Å². The Bertz CT molecular complexity index is 804. The summed E-state index contributed by atoms with van der Waals surface area (Å²) in [7, 11) is 1.77. The topological polar surface area (TPSA) is 65.5 Å². The summed E-state index contributed by atoms with van der Waals surface area (Å²) in [6, 6.07) is 18.3. The minimum atomic E-state index is -0.0283. The van der Waals surface area contributed by atoms with Crippen LogP contribution in [0.4, 0.5) is 0 Å². The van der Waals surface area contributed by atoms with Crippen LogP contribution in [0, 0.1) is 0 Å². The molecule has 5 nitrogen and oxygen atoms in total. The highest BCUT2D eigenvalue weighted by atomic mass is 127. The van der Waals surface area contributed by atoms with E-state index in [9.17, 15) is 4.79 Å². The van der Waals surface area contributed by atoms with Gasteiger partial charge in [-0.05, 0) is 36.6 Å². The summed E-state index contributed by atoms with van der Waals surface area (Å²) in [5, 5.41) is 9.73. The summed E-state index contributed by atoms with van der Waals surface area (Å²) in [5.41, 5.74) is 3.05. The van der Waals surface area contributed by atoms with Crippen LogP contribution in [0.5, 0.6) is 0 Å². The van der Waals surface area contributed by atoms with Crippen molar-refractivity contribution in [3.63, 3.8) is 0 Å². The fourth-order valence-electron chi connectivity index (χ4n) is 2.89. The second-order valence-electron chi connectivity index (χ2n) is 8.01. The number of benzene rings is 2. The molecular formula is C24H35IN4O. The lowest BCUT2D eigenvalue weighted by Gasteiger charge is -2.26. The van der Waals surface area contributed by atoms with Gasteiger partial charge in [-0.3, -0.25) is 9.79 Å². The number of nitrogens with zero attached hydrogens (tertiary/aromatic N) is 1. The summed E-state index contributed by atoms with van der Waals surface area (Å²) >= 11 is 0. The van der Waals surface area contributed by atoms with E-state index in [-0.39, 0.29) is 41.3 Å². The smallest absolute Gasteiger partial charge is 0.251 e. The van der Waals surface area contributed by atoms with Crippen LogP contribution in [0.2, 0.25) is 0 Å². The van der Waals surface area contributed by atoms with Crippen molar-refractivity contribution in [2.45, 2.75) is 52.1 Å². The number of nitrogens with one attached hydrogen (secondary N) is 3. The quantitative estimate of drug-likeness (QED) is 0.272. The van der Waals surface area contributed by atoms with Crippen molar-refractivity contribution >= 4 is 35.8 Å². The molecule has 164 valence electrons. The van der Waals surface area contributed by atoms with Gasteiger partial charge in [0.15, 0.2) is 5.96 Å². The minimum absolute atomic E-state index is 0. The van der Waals surface area contributed by atoms with Gasteiger partial charge in [0.2, 0.25) is 0 Å². The van der Waals surface area contributed by atoms with Crippen LogP contribution >= 0.6 is 24.0 Å². The van der Waals surface area contributed by atoms with Gasteiger partial charge < -0.3 is 16.0 Å². The normalized spacial score (nSPS) is 12.5. The summed E-state index contributed by atoms with van der Waals surface area (Å²) in [4.78, 5) is 16.5. The molecule has 3 N–H and O–H groups in total. The highest BCUT2D eigenvalue weighted by Gasteiger charge is 2.20. The van der Waals surface area contributed by atoms with E-state index >= 15 is 0 Å². The minimum Gasteiger partial charge on any atom is -0.356 e. The van der Waals surface area contributed by atoms with Gasteiger partial charge in [-0.25, -0.2) is 0 Å². The van der Waals surface area contributed by atoms with E-state index in [0.29, 0.717) is 12.1 Å². The molecule has 0 spiro atoms. The van der Waals surface area contributed by atoms with Gasteiger partial charge in [-0.2, -0.15) is 0 Å². The maximum Gasteiger partial charge on any atom is 0.251 e. The van der Waals surface area contributed by atoms with Crippen LogP contribution in [-0.2, 0) is 12.0 Å². The zero-order valence-electron chi connectivity index (χ0n) is 18.7.